The van der Waals surface area contributed by atoms with E-state index < -0.39 is 0 Å². The van der Waals surface area contributed by atoms with Gasteiger partial charge in [0.25, 0.3) is 0 Å². The Kier molecular flexibility index (Phi) is 5.76. The van der Waals surface area contributed by atoms with Crippen molar-refractivity contribution in [2.45, 2.75) is 31.8 Å². The number of benzene rings is 1. The van der Waals surface area contributed by atoms with Crippen LogP contribution in [0.1, 0.15) is 25.7 Å². The van der Waals surface area contributed by atoms with E-state index in [1.54, 1.807) is 12.4 Å². The largest absolute Gasteiger partial charge is 0.376 e. The lowest BCUT2D eigenvalue weighted by Crippen LogP contribution is -2.42. The smallest absolute Gasteiger partial charge is 0.242 e. The van der Waals surface area contributed by atoms with Gasteiger partial charge in [0.2, 0.25) is 5.91 Å². The summed E-state index contributed by atoms with van der Waals surface area (Å²) in [5, 5.41) is 0.947. The van der Waals surface area contributed by atoms with E-state index in [2.05, 4.69) is 9.88 Å². The predicted molar refractivity (Wildman–Crippen MR) is 120 cm³/mol. The summed E-state index contributed by atoms with van der Waals surface area (Å²) in [6.07, 6.45) is 7.86. The first-order chi connectivity index (χ1) is 15.3. The van der Waals surface area contributed by atoms with Crippen molar-refractivity contribution in [2.75, 3.05) is 37.7 Å². The molecule has 0 spiro atoms. The third-order valence-corrected chi connectivity index (χ3v) is 6.04. The number of carbonyl (C=O) groups excluding carboxylic acids is 1. The van der Waals surface area contributed by atoms with E-state index in [1.807, 2.05) is 41.3 Å². The minimum absolute atomic E-state index is 0.113. The highest BCUT2D eigenvalue weighted by molar-refractivity contribution is 5.93. The number of anilines is 1. The summed E-state index contributed by atoms with van der Waals surface area (Å²) in [5.74, 6) is 1.56. The standard InChI is InChI=1S/C24H27N5O2/c30-22(28-12-3-4-13-28)17-29(16-19-8-6-14-31-19)24-20-9-1-2-10-21(20)26-23(27-24)18-7-5-11-25-15-18/h1-2,5,7,9-11,15,19H,3-4,6,8,12-14,16-17H2/t19-/m0/s1. The number of hydrogen-bond acceptors (Lipinski definition) is 6. The molecule has 1 aromatic carbocycles. The quantitative estimate of drug-likeness (QED) is 0.613. The molecule has 1 atom stereocenters. The molecular formula is C24H27N5O2. The van der Waals surface area contributed by atoms with E-state index in [9.17, 15) is 4.79 Å². The van der Waals surface area contributed by atoms with Gasteiger partial charge >= 0.3 is 0 Å². The van der Waals surface area contributed by atoms with E-state index in [0.717, 1.165) is 67.7 Å². The van der Waals surface area contributed by atoms with Gasteiger partial charge in [-0.15, -0.1) is 0 Å². The number of pyridine rings is 1. The third kappa shape index (κ3) is 4.37. The van der Waals surface area contributed by atoms with Crippen molar-refractivity contribution >= 4 is 22.6 Å². The second-order valence-electron chi connectivity index (χ2n) is 8.23. The van der Waals surface area contributed by atoms with E-state index in [4.69, 9.17) is 14.7 Å². The van der Waals surface area contributed by atoms with Crippen LogP contribution in [0.2, 0.25) is 0 Å². The van der Waals surface area contributed by atoms with Crippen molar-refractivity contribution in [3.05, 3.63) is 48.8 Å². The van der Waals surface area contributed by atoms with Crippen LogP contribution < -0.4 is 4.90 Å². The number of rotatable bonds is 6. The Morgan fingerprint density at radius 3 is 2.74 bits per heavy atom. The van der Waals surface area contributed by atoms with Crippen molar-refractivity contribution in [3.63, 3.8) is 0 Å². The average Bonchev–Trinajstić information content (AvgIpc) is 3.53. The van der Waals surface area contributed by atoms with Crippen LogP contribution in [0.3, 0.4) is 0 Å². The Labute approximate surface area is 182 Å². The first kappa shape index (κ1) is 19.9. The Hall–Kier alpha value is -3.06. The topological polar surface area (TPSA) is 71.5 Å². The minimum atomic E-state index is 0.113. The Bertz CT molecular complexity index is 1050. The van der Waals surface area contributed by atoms with Gasteiger partial charge in [-0.2, -0.15) is 0 Å². The van der Waals surface area contributed by atoms with Crippen LogP contribution in [0, 0.1) is 0 Å². The van der Waals surface area contributed by atoms with E-state index >= 15 is 0 Å². The molecule has 0 N–H and O–H groups in total. The molecule has 0 unspecified atom stereocenters. The first-order valence-corrected chi connectivity index (χ1v) is 11.1. The number of likely N-dealkylation sites (tertiary alicyclic amines) is 1. The van der Waals surface area contributed by atoms with Crippen LogP contribution in [0.25, 0.3) is 22.3 Å². The lowest BCUT2D eigenvalue weighted by Gasteiger charge is -2.29. The molecule has 1 amide bonds. The van der Waals surface area contributed by atoms with E-state index in [1.165, 1.54) is 0 Å². The molecule has 3 aromatic rings. The van der Waals surface area contributed by atoms with Crippen LogP contribution in [-0.2, 0) is 9.53 Å². The van der Waals surface area contributed by atoms with Gasteiger partial charge in [-0.3, -0.25) is 9.78 Å². The normalized spacial score (nSPS) is 18.6. The Morgan fingerprint density at radius 1 is 1.10 bits per heavy atom. The van der Waals surface area contributed by atoms with Crippen LogP contribution in [0.15, 0.2) is 48.8 Å². The van der Waals surface area contributed by atoms with Crippen molar-refractivity contribution < 1.29 is 9.53 Å². The maximum atomic E-state index is 13.1. The maximum Gasteiger partial charge on any atom is 0.242 e. The van der Waals surface area contributed by atoms with Gasteiger partial charge in [-0.1, -0.05) is 12.1 Å². The van der Waals surface area contributed by atoms with Gasteiger partial charge in [0.15, 0.2) is 5.82 Å². The highest BCUT2D eigenvalue weighted by Crippen LogP contribution is 2.29. The van der Waals surface area contributed by atoms with Gasteiger partial charge in [0, 0.05) is 49.6 Å². The molecule has 2 saturated heterocycles. The number of para-hydroxylation sites is 1. The van der Waals surface area contributed by atoms with Crippen molar-refractivity contribution in [1.82, 2.24) is 19.9 Å². The van der Waals surface area contributed by atoms with Crippen LogP contribution in [0.5, 0.6) is 0 Å². The number of ether oxygens (including phenoxy) is 1. The van der Waals surface area contributed by atoms with E-state index in [-0.39, 0.29) is 12.0 Å². The SMILES string of the molecule is O=C(CN(C[C@@H]1CCCO1)c1nc(-c2cccnc2)nc2ccccc12)N1CCCC1. The molecule has 2 aliphatic heterocycles. The summed E-state index contributed by atoms with van der Waals surface area (Å²) in [6.45, 7) is 3.42. The van der Waals surface area contributed by atoms with Gasteiger partial charge in [-0.05, 0) is 49.9 Å². The number of carbonyl (C=O) groups is 1. The molecule has 0 radical (unpaired) electrons. The number of nitrogens with zero attached hydrogens (tertiary/aromatic N) is 5. The summed E-state index contributed by atoms with van der Waals surface area (Å²) in [5.41, 5.74) is 1.72. The minimum Gasteiger partial charge on any atom is -0.376 e. The molecular weight excluding hydrogens is 390 g/mol. The number of amides is 1. The predicted octanol–water partition coefficient (Wildman–Crippen LogP) is 3.30. The molecule has 2 fully saturated rings. The molecule has 4 heterocycles. The van der Waals surface area contributed by atoms with Gasteiger partial charge in [0.05, 0.1) is 18.2 Å². The molecule has 2 aromatic heterocycles. The highest BCUT2D eigenvalue weighted by atomic mass is 16.5. The number of fused-ring (bicyclic) bond motifs is 1. The van der Waals surface area contributed by atoms with E-state index in [0.29, 0.717) is 18.9 Å². The first-order valence-electron chi connectivity index (χ1n) is 11.1. The molecule has 31 heavy (non-hydrogen) atoms. The monoisotopic (exact) mass is 417 g/mol. The van der Waals surface area contributed by atoms with Crippen molar-refractivity contribution in [1.29, 1.82) is 0 Å². The van der Waals surface area contributed by atoms with Gasteiger partial charge < -0.3 is 14.5 Å². The fourth-order valence-electron chi connectivity index (χ4n) is 4.41. The molecule has 160 valence electrons. The average molecular weight is 418 g/mol. The lowest BCUT2D eigenvalue weighted by atomic mass is 10.1. The highest BCUT2D eigenvalue weighted by Gasteiger charge is 2.27. The zero-order chi connectivity index (χ0) is 21.0. The van der Waals surface area contributed by atoms with Crippen LogP contribution in [0.4, 0.5) is 5.82 Å². The second-order valence-corrected chi connectivity index (χ2v) is 8.23. The zero-order valence-electron chi connectivity index (χ0n) is 17.6. The zero-order valence-corrected chi connectivity index (χ0v) is 17.6. The Morgan fingerprint density at radius 2 is 1.97 bits per heavy atom. The number of hydrogen-bond donors (Lipinski definition) is 0. The maximum absolute atomic E-state index is 13.1. The lowest BCUT2D eigenvalue weighted by molar-refractivity contribution is -0.128. The summed E-state index contributed by atoms with van der Waals surface area (Å²) in [6, 6.07) is 11.8. The second kappa shape index (κ2) is 8.98. The fraction of sp³-hybridized carbons (Fsp3) is 0.417. The van der Waals surface area contributed by atoms with Crippen LogP contribution >= 0.6 is 0 Å². The summed E-state index contributed by atoms with van der Waals surface area (Å²) < 4.78 is 5.92. The summed E-state index contributed by atoms with van der Waals surface area (Å²) in [4.78, 5) is 31.1. The van der Waals surface area contributed by atoms with Crippen molar-refractivity contribution in [3.8, 4) is 11.4 Å². The molecule has 7 heteroatoms. The molecule has 2 aliphatic rings. The number of aromatic nitrogens is 3. The molecule has 0 saturated carbocycles. The Balaban J connectivity index is 1.56. The fourth-order valence-corrected chi connectivity index (χ4v) is 4.41. The molecule has 0 aliphatic carbocycles. The molecule has 0 bridgehead atoms. The molecule has 7 nitrogen and oxygen atoms in total. The molecule has 5 rings (SSSR count). The van der Waals surface area contributed by atoms with Gasteiger partial charge in [-0.25, -0.2) is 9.97 Å². The summed E-state index contributed by atoms with van der Waals surface area (Å²) in [7, 11) is 0. The van der Waals surface area contributed by atoms with Crippen LogP contribution in [-0.4, -0.2) is 64.6 Å². The van der Waals surface area contributed by atoms with Gasteiger partial charge in [0.1, 0.15) is 5.82 Å². The summed E-state index contributed by atoms with van der Waals surface area (Å²) >= 11 is 0. The third-order valence-electron chi connectivity index (χ3n) is 6.04. The van der Waals surface area contributed by atoms with Crippen molar-refractivity contribution in [2.24, 2.45) is 0 Å².